The predicted molar refractivity (Wildman–Crippen MR) is 84.7 cm³/mol. The van der Waals surface area contributed by atoms with Gasteiger partial charge in [0.05, 0.1) is 5.56 Å². The summed E-state index contributed by atoms with van der Waals surface area (Å²) < 4.78 is 0. The summed E-state index contributed by atoms with van der Waals surface area (Å²) in [6.07, 6.45) is 6.98. The van der Waals surface area contributed by atoms with E-state index < -0.39 is 0 Å². The second-order valence-electron chi connectivity index (χ2n) is 5.41. The number of nitrogens with two attached hydrogens (primary N) is 1. The van der Waals surface area contributed by atoms with Gasteiger partial charge in [0.15, 0.2) is 0 Å². The van der Waals surface area contributed by atoms with Crippen LogP contribution in [0.3, 0.4) is 0 Å². The lowest BCUT2D eigenvalue weighted by Gasteiger charge is -2.34. The number of thiocarbonyl (C=S) groups is 1. The van der Waals surface area contributed by atoms with Crippen LogP contribution in [0.1, 0.15) is 43.7 Å². The van der Waals surface area contributed by atoms with Crippen molar-refractivity contribution in [3.8, 4) is 0 Å². The van der Waals surface area contributed by atoms with Gasteiger partial charge in [0.1, 0.15) is 10.8 Å². The number of piperidine rings is 1. The lowest BCUT2D eigenvalue weighted by Crippen LogP contribution is -2.36. The zero-order chi connectivity index (χ0) is 13.8. The lowest BCUT2D eigenvalue weighted by molar-refractivity contribution is 0.377. The molecule has 0 aliphatic carbocycles. The Bertz CT molecular complexity index is 451. The fourth-order valence-electron chi connectivity index (χ4n) is 2.93. The third kappa shape index (κ3) is 3.24. The van der Waals surface area contributed by atoms with E-state index in [0.717, 1.165) is 36.0 Å². The Hall–Kier alpha value is -1.16. The molecule has 0 radical (unpaired) electrons. The van der Waals surface area contributed by atoms with E-state index in [9.17, 15) is 0 Å². The quantitative estimate of drug-likeness (QED) is 0.859. The Morgan fingerprint density at radius 2 is 2.16 bits per heavy atom. The second-order valence-corrected chi connectivity index (χ2v) is 5.85. The molecule has 1 fully saturated rings. The van der Waals surface area contributed by atoms with Crippen molar-refractivity contribution in [1.29, 1.82) is 0 Å². The number of pyridine rings is 1. The molecule has 1 aliphatic rings. The monoisotopic (exact) mass is 277 g/mol. The molecule has 0 spiro atoms. The van der Waals surface area contributed by atoms with Gasteiger partial charge in [-0.05, 0) is 37.3 Å². The molecule has 19 heavy (non-hydrogen) atoms. The summed E-state index contributed by atoms with van der Waals surface area (Å²) in [4.78, 5) is 7.31. The maximum atomic E-state index is 5.86. The van der Waals surface area contributed by atoms with Crippen LogP contribution in [-0.2, 0) is 0 Å². The molecule has 2 rings (SSSR count). The average Bonchev–Trinajstić information content (AvgIpc) is 2.39. The summed E-state index contributed by atoms with van der Waals surface area (Å²) in [5, 5.41) is 0. The van der Waals surface area contributed by atoms with Gasteiger partial charge >= 0.3 is 0 Å². The molecule has 1 aromatic rings. The molecule has 4 heteroatoms. The van der Waals surface area contributed by atoms with E-state index >= 15 is 0 Å². The van der Waals surface area contributed by atoms with Crippen LogP contribution in [0, 0.1) is 12.8 Å². The summed E-state index contributed by atoms with van der Waals surface area (Å²) in [5.41, 5.74) is 7.93. The van der Waals surface area contributed by atoms with Gasteiger partial charge in [-0.25, -0.2) is 4.98 Å². The van der Waals surface area contributed by atoms with Gasteiger partial charge in [-0.15, -0.1) is 0 Å². The highest BCUT2D eigenvalue weighted by Crippen LogP contribution is 2.28. The summed E-state index contributed by atoms with van der Waals surface area (Å²) in [5.74, 6) is 1.85. The molecule has 0 amide bonds. The van der Waals surface area contributed by atoms with E-state index in [4.69, 9.17) is 18.0 Å². The molecule has 0 bridgehead atoms. The normalized spacial score (nSPS) is 16.6. The van der Waals surface area contributed by atoms with Crippen LogP contribution in [-0.4, -0.2) is 23.1 Å². The van der Waals surface area contributed by atoms with Crippen molar-refractivity contribution in [3.05, 3.63) is 23.4 Å². The molecule has 1 aliphatic heterocycles. The average molecular weight is 277 g/mol. The molecule has 1 saturated heterocycles. The highest BCUT2D eigenvalue weighted by molar-refractivity contribution is 7.80. The fraction of sp³-hybridized carbons (Fsp3) is 0.600. The van der Waals surface area contributed by atoms with Gasteiger partial charge < -0.3 is 10.6 Å². The third-order valence-electron chi connectivity index (χ3n) is 4.00. The molecule has 104 valence electrons. The molecule has 0 unspecified atom stereocenters. The Morgan fingerprint density at radius 3 is 2.74 bits per heavy atom. The number of hydrogen-bond acceptors (Lipinski definition) is 3. The number of aryl methyl sites for hydroxylation is 1. The van der Waals surface area contributed by atoms with Gasteiger partial charge in [0, 0.05) is 19.3 Å². The van der Waals surface area contributed by atoms with Crippen molar-refractivity contribution < 1.29 is 0 Å². The van der Waals surface area contributed by atoms with Crippen molar-refractivity contribution in [1.82, 2.24) is 4.98 Å². The van der Waals surface area contributed by atoms with Crippen molar-refractivity contribution in [2.24, 2.45) is 11.7 Å². The summed E-state index contributed by atoms with van der Waals surface area (Å²) in [6, 6.07) is 1.97. The first-order chi connectivity index (χ1) is 9.13. The van der Waals surface area contributed by atoms with Crippen LogP contribution in [0.2, 0.25) is 0 Å². The Labute approximate surface area is 121 Å². The highest BCUT2D eigenvalue weighted by atomic mass is 32.1. The van der Waals surface area contributed by atoms with Gasteiger partial charge in [-0.3, -0.25) is 0 Å². The maximum absolute atomic E-state index is 5.86. The van der Waals surface area contributed by atoms with Crippen LogP contribution < -0.4 is 10.6 Å². The minimum Gasteiger partial charge on any atom is -0.389 e. The topological polar surface area (TPSA) is 42.2 Å². The lowest BCUT2D eigenvalue weighted by atomic mass is 9.92. The second kappa shape index (κ2) is 6.33. The zero-order valence-corrected chi connectivity index (χ0v) is 12.7. The predicted octanol–water partition coefficient (Wildman–Crippen LogP) is 3.04. The standard InChI is InChI=1S/C15H23N3S/c1-3-4-12-6-9-18(10-7-12)15-13(14(16)19)11(2)5-8-17-15/h5,8,12H,3-4,6-7,9-10H2,1-2H3,(H2,16,19). The van der Waals surface area contributed by atoms with Crippen LogP contribution in [0.4, 0.5) is 5.82 Å². The van der Waals surface area contributed by atoms with Crippen LogP contribution >= 0.6 is 12.2 Å². The van der Waals surface area contributed by atoms with Crippen LogP contribution in [0.15, 0.2) is 12.3 Å². The SMILES string of the molecule is CCCC1CCN(c2nccc(C)c2C(N)=S)CC1. The maximum Gasteiger partial charge on any atom is 0.139 e. The number of anilines is 1. The van der Waals surface area contributed by atoms with Crippen molar-refractivity contribution in [3.63, 3.8) is 0 Å². The summed E-state index contributed by atoms with van der Waals surface area (Å²) in [6.45, 7) is 6.44. The van der Waals surface area contributed by atoms with E-state index in [-0.39, 0.29) is 0 Å². The van der Waals surface area contributed by atoms with E-state index in [1.54, 1.807) is 0 Å². The minimum atomic E-state index is 0.455. The molecule has 2 heterocycles. The first-order valence-corrected chi connectivity index (χ1v) is 7.54. The van der Waals surface area contributed by atoms with E-state index in [1.165, 1.54) is 25.7 Å². The highest BCUT2D eigenvalue weighted by Gasteiger charge is 2.22. The van der Waals surface area contributed by atoms with Gasteiger partial charge in [0.2, 0.25) is 0 Å². The number of hydrogen-bond donors (Lipinski definition) is 1. The number of aromatic nitrogens is 1. The molecular weight excluding hydrogens is 254 g/mol. The Balaban J connectivity index is 2.15. The van der Waals surface area contributed by atoms with E-state index in [2.05, 4.69) is 16.8 Å². The fourth-order valence-corrected chi connectivity index (χ4v) is 3.18. The third-order valence-corrected chi connectivity index (χ3v) is 4.20. The Morgan fingerprint density at radius 1 is 1.47 bits per heavy atom. The molecule has 0 atom stereocenters. The van der Waals surface area contributed by atoms with Crippen molar-refractivity contribution >= 4 is 23.0 Å². The van der Waals surface area contributed by atoms with Crippen molar-refractivity contribution in [2.75, 3.05) is 18.0 Å². The van der Waals surface area contributed by atoms with Crippen LogP contribution in [0.5, 0.6) is 0 Å². The number of rotatable bonds is 4. The largest absolute Gasteiger partial charge is 0.389 e. The summed E-state index contributed by atoms with van der Waals surface area (Å²) in [7, 11) is 0. The molecule has 1 aromatic heterocycles. The zero-order valence-electron chi connectivity index (χ0n) is 11.9. The molecule has 0 saturated carbocycles. The van der Waals surface area contributed by atoms with Gasteiger partial charge in [-0.2, -0.15) is 0 Å². The molecule has 2 N–H and O–H groups in total. The van der Waals surface area contributed by atoms with Crippen LogP contribution in [0.25, 0.3) is 0 Å². The van der Waals surface area contributed by atoms with Crippen molar-refractivity contribution in [2.45, 2.75) is 39.5 Å². The minimum absolute atomic E-state index is 0.455. The smallest absolute Gasteiger partial charge is 0.139 e. The van der Waals surface area contributed by atoms with E-state index in [0.29, 0.717) is 4.99 Å². The number of nitrogens with zero attached hydrogens (tertiary/aromatic N) is 2. The van der Waals surface area contributed by atoms with Gasteiger partial charge in [-0.1, -0.05) is 32.0 Å². The molecule has 3 nitrogen and oxygen atoms in total. The first-order valence-electron chi connectivity index (χ1n) is 7.13. The summed E-state index contributed by atoms with van der Waals surface area (Å²) >= 11 is 5.18. The van der Waals surface area contributed by atoms with E-state index in [1.807, 2.05) is 19.2 Å². The Kier molecular flexibility index (Phi) is 4.75. The molecular formula is C15H23N3S. The first kappa shape index (κ1) is 14.3. The molecule has 0 aromatic carbocycles. The van der Waals surface area contributed by atoms with Gasteiger partial charge in [0.25, 0.3) is 0 Å².